The van der Waals surface area contributed by atoms with Crippen molar-refractivity contribution in [3.63, 3.8) is 0 Å². The highest BCUT2D eigenvalue weighted by Gasteiger charge is 2.30. The predicted molar refractivity (Wildman–Crippen MR) is 76.7 cm³/mol. The Morgan fingerprint density at radius 1 is 1.30 bits per heavy atom. The van der Waals surface area contributed by atoms with Gasteiger partial charge in [-0.05, 0) is 19.4 Å². The van der Waals surface area contributed by atoms with Gasteiger partial charge in [-0.25, -0.2) is 4.98 Å². The van der Waals surface area contributed by atoms with Gasteiger partial charge in [0.15, 0.2) is 0 Å². The normalized spacial score (nSPS) is 23.4. The quantitative estimate of drug-likeness (QED) is 0.646. The molecule has 2 aliphatic rings. The summed E-state index contributed by atoms with van der Waals surface area (Å²) in [6.07, 6.45) is 3.74. The number of nitrogen functional groups attached to an aromatic ring is 1. The minimum Gasteiger partial charge on any atom is -0.383 e. The van der Waals surface area contributed by atoms with Crippen LogP contribution in [0.1, 0.15) is 19.3 Å². The lowest BCUT2D eigenvalue weighted by Crippen LogP contribution is -2.55. The summed E-state index contributed by atoms with van der Waals surface area (Å²) in [6, 6.07) is 3.37. The lowest BCUT2D eigenvalue weighted by Gasteiger charge is -2.44. The number of pyridine rings is 1. The molecule has 2 aliphatic heterocycles. The Labute approximate surface area is 117 Å². The van der Waals surface area contributed by atoms with E-state index in [4.69, 9.17) is 5.73 Å². The minimum atomic E-state index is -0.418. The lowest BCUT2D eigenvalue weighted by molar-refractivity contribution is -0.384. The summed E-state index contributed by atoms with van der Waals surface area (Å²) in [5.41, 5.74) is 5.70. The smallest absolute Gasteiger partial charge is 0.276 e. The molecule has 1 aromatic rings. The van der Waals surface area contributed by atoms with Crippen LogP contribution in [0.3, 0.4) is 0 Å². The fraction of sp³-hybridized carbons (Fsp3) is 0.615. The van der Waals surface area contributed by atoms with Gasteiger partial charge in [0.2, 0.25) is 0 Å². The van der Waals surface area contributed by atoms with Gasteiger partial charge in [0.1, 0.15) is 11.6 Å². The van der Waals surface area contributed by atoms with Crippen LogP contribution in [0.5, 0.6) is 0 Å². The summed E-state index contributed by atoms with van der Waals surface area (Å²) < 4.78 is 0. The number of nitro groups is 1. The molecule has 0 amide bonds. The van der Waals surface area contributed by atoms with Gasteiger partial charge in [0, 0.05) is 25.7 Å². The molecule has 3 rings (SSSR count). The molecule has 2 fully saturated rings. The monoisotopic (exact) mass is 277 g/mol. The Bertz CT molecular complexity index is 521. The van der Waals surface area contributed by atoms with E-state index in [1.165, 1.54) is 37.9 Å². The number of aromatic nitrogens is 1. The van der Waals surface area contributed by atoms with Crippen molar-refractivity contribution in [3.05, 3.63) is 22.2 Å². The highest BCUT2D eigenvalue weighted by molar-refractivity contribution is 5.54. The summed E-state index contributed by atoms with van der Waals surface area (Å²) in [4.78, 5) is 19.4. The first-order chi connectivity index (χ1) is 9.63. The average Bonchev–Trinajstić information content (AvgIpc) is 2.46. The number of fused-ring (bicyclic) bond motifs is 1. The summed E-state index contributed by atoms with van der Waals surface area (Å²) in [5, 5.41) is 10.9. The standard InChI is InChI=1S/C13H19N5O2/c14-12-7-11(18(19)20)8-13(15-12)17-6-5-16-4-2-1-3-10(16)9-17/h7-8,10H,1-6,9H2,(H2,14,15). The van der Waals surface area contributed by atoms with Gasteiger partial charge in [0.05, 0.1) is 17.1 Å². The average molecular weight is 277 g/mol. The molecule has 0 aliphatic carbocycles. The number of hydrogen-bond donors (Lipinski definition) is 1. The first-order valence-corrected chi connectivity index (χ1v) is 7.04. The SMILES string of the molecule is Nc1cc([N+](=O)[O-])cc(N2CCN3CCCCC3C2)n1. The largest absolute Gasteiger partial charge is 0.383 e. The van der Waals surface area contributed by atoms with Crippen molar-refractivity contribution in [1.29, 1.82) is 0 Å². The third-order valence-corrected chi connectivity index (χ3v) is 4.19. The number of piperidine rings is 1. The number of rotatable bonds is 2. The van der Waals surface area contributed by atoms with Gasteiger partial charge in [-0.3, -0.25) is 15.0 Å². The van der Waals surface area contributed by atoms with Crippen LogP contribution in [0.15, 0.2) is 12.1 Å². The Hall–Kier alpha value is -1.89. The Morgan fingerprint density at radius 3 is 2.95 bits per heavy atom. The molecule has 7 nitrogen and oxygen atoms in total. The van der Waals surface area contributed by atoms with E-state index in [1.54, 1.807) is 0 Å². The van der Waals surface area contributed by atoms with Crippen LogP contribution >= 0.6 is 0 Å². The summed E-state index contributed by atoms with van der Waals surface area (Å²) in [7, 11) is 0. The van der Waals surface area contributed by atoms with Crippen molar-refractivity contribution in [2.24, 2.45) is 0 Å². The van der Waals surface area contributed by atoms with Crippen LogP contribution in [-0.2, 0) is 0 Å². The van der Waals surface area contributed by atoms with Crippen LogP contribution in [0.4, 0.5) is 17.3 Å². The number of hydrogen-bond acceptors (Lipinski definition) is 6. The van der Waals surface area contributed by atoms with Gasteiger partial charge in [0.25, 0.3) is 5.69 Å². The zero-order chi connectivity index (χ0) is 14.1. The van der Waals surface area contributed by atoms with E-state index in [1.807, 2.05) is 0 Å². The van der Waals surface area contributed by atoms with Crippen LogP contribution in [0.2, 0.25) is 0 Å². The van der Waals surface area contributed by atoms with Crippen molar-refractivity contribution in [3.8, 4) is 0 Å². The van der Waals surface area contributed by atoms with Gasteiger partial charge in [-0.2, -0.15) is 0 Å². The molecule has 0 bridgehead atoms. The molecule has 3 heterocycles. The first kappa shape index (κ1) is 13.1. The highest BCUT2D eigenvalue weighted by atomic mass is 16.6. The molecule has 1 atom stereocenters. The van der Waals surface area contributed by atoms with E-state index in [9.17, 15) is 10.1 Å². The molecule has 20 heavy (non-hydrogen) atoms. The van der Waals surface area contributed by atoms with E-state index in [0.717, 1.165) is 19.6 Å². The molecule has 0 spiro atoms. The first-order valence-electron chi connectivity index (χ1n) is 7.04. The van der Waals surface area contributed by atoms with Gasteiger partial charge in [-0.15, -0.1) is 0 Å². The van der Waals surface area contributed by atoms with Gasteiger partial charge in [-0.1, -0.05) is 6.42 Å². The zero-order valence-electron chi connectivity index (χ0n) is 11.4. The minimum absolute atomic E-state index is 0.0126. The Balaban J connectivity index is 1.80. The highest BCUT2D eigenvalue weighted by Crippen LogP contribution is 2.27. The summed E-state index contributed by atoms with van der Waals surface area (Å²) in [5.74, 6) is 0.835. The van der Waals surface area contributed by atoms with Crippen LogP contribution in [-0.4, -0.2) is 47.0 Å². The zero-order valence-corrected chi connectivity index (χ0v) is 11.4. The van der Waals surface area contributed by atoms with Crippen molar-refractivity contribution in [1.82, 2.24) is 9.88 Å². The van der Waals surface area contributed by atoms with E-state index in [2.05, 4.69) is 14.8 Å². The van der Waals surface area contributed by atoms with Gasteiger partial charge >= 0.3 is 0 Å². The molecule has 108 valence electrons. The van der Waals surface area contributed by atoms with Crippen molar-refractivity contribution < 1.29 is 4.92 Å². The third-order valence-electron chi connectivity index (χ3n) is 4.19. The molecule has 2 N–H and O–H groups in total. The molecular formula is C13H19N5O2. The second-order valence-corrected chi connectivity index (χ2v) is 5.50. The molecule has 7 heteroatoms. The lowest BCUT2D eigenvalue weighted by atomic mass is 9.99. The maximum atomic E-state index is 10.9. The summed E-state index contributed by atoms with van der Waals surface area (Å²) >= 11 is 0. The van der Waals surface area contributed by atoms with Crippen molar-refractivity contribution in [2.45, 2.75) is 25.3 Å². The van der Waals surface area contributed by atoms with Crippen molar-refractivity contribution in [2.75, 3.05) is 36.8 Å². The van der Waals surface area contributed by atoms with E-state index < -0.39 is 4.92 Å². The maximum absolute atomic E-state index is 10.9. The topological polar surface area (TPSA) is 88.5 Å². The number of nitrogens with two attached hydrogens (primary N) is 1. The fourth-order valence-electron chi connectivity index (χ4n) is 3.15. The van der Waals surface area contributed by atoms with Crippen LogP contribution in [0.25, 0.3) is 0 Å². The second kappa shape index (κ2) is 5.24. The second-order valence-electron chi connectivity index (χ2n) is 5.50. The molecular weight excluding hydrogens is 258 g/mol. The Morgan fingerprint density at radius 2 is 2.15 bits per heavy atom. The Kier molecular flexibility index (Phi) is 3.43. The predicted octanol–water partition coefficient (Wildman–Crippen LogP) is 1.25. The molecule has 1 aromatic heterocycles. The third kappa shape index (κ3) is 2.53. The maximum Gasteiger partial charge on any atom is 0.276 e. The molecule has 2 saturated heterocycles. The molecule has 0 saturated carbocycles. The van der Waals surface area contributed by atoms with E-state index >= 15 is 0 Å². The number of piperazine rings is 1. The van der Waals surface area contributed by atoms with Crippen LogP contribution in [0, 0.1) is 10.1 Å². The number of nitrogens with zero attached hydrogens (tertiary/aromatic N) is 4. The van der Waals surface area contributed by atoms with Crippen molar-refractivity contribution >= 4 is 17.3 Å². The van der Waals surface area contributed by atoms with Gasteiger partial charge < -0.3 is 10.6 Å². The fourth-order valence-corrected chi connectivity index (χ4v) is 3.15. The molecule has 0 radical (unpaired) electrons. The summed E-state index contributed by atoms with van der Waals surface area (Å²) in [6.45, 7) is 3.90. The number of anilines is 2. The van der Waals surface area contributed by atoms with E-state index in [0.29, 0.717) is 11.9 Å². The molecule has 1 unspecified atom stereocenters. The molecule has 0 aromatic carbocycles. The van der Waals surface area contributed by atoms with E-state index in [-0.39, 0.29) is 11.5 Å². The van der Waals surface area contributed by atoms with Crippen LogP contribution < -0.4 is 10.6 Å².